The zero-order chi connectivity index (χ0) is 16.2. The Hall–Kier alpha value is -1.70. The van der Waals surface area contributed by atoms with Gasteiger partial charge in [-0.05, 0) is 29.3 Å². The molecule has 0 bridgehead atoms. The van der Waals surface area contributed by atoms with Gasteiger partial charge in [0.2, 0.25) is 0 Å². The van der Waals surface area contributed by atoms with Crippen LogP contribution in [-0.4, -0.2) is 23.5 Å². The van der Waals surface area contributed by atoms with Crippen molar-refractivity contribution in [3.8, 4) is 0 Å². The van der Waals surface area contributed by atoms with E-state index in [1.165, 1.54) is 7.11 Å². The van der Waals surface area contributed by atoms with E-state index in [-0.39, 0.29) is 15.8 Å². The van der Waals surface area contributed by atoms with Gasteiger partial charge in [0.1, 0.15) is 17.0 Å². The smallest absolute Gasteiger partial charge is 0.331 e. The van der Waals surface area contributed by atoms with E-state index in [2.05, 4.69) is 21.2 Å². The van der Waals surface area contributed by atoms with Crippen molar-refractivity contribution in [3.05, 3.63) is 32.5 Å². The number of nitrogens with one attached hydrogen (secondary N) is 1. The minimum atomic E-state index is -1.17. The van der Waals surface area contributed by atoms with E-state index in [1.807, 2.05) is 6.92 Å². The van der Waals surface area contributed by atoms with E-state index in [0.717, 1.165) is 12.1 Å². The van der Waals surface area contributed by atoms with Gasteiger partial charge in [0, 0.05) is 12.1 Å². The SMILES string of the molecule is CCCC(C)(Nc1cc(F)c(Br)cc1[N+](=O)[O-])C(=O)OC. The normalized spacial score (nSPS) is 13.4. The molecule has 116 valence electrons. The Bertz CT molecular complexity index is 567. The number of hydrogen-bond donors (Lipinski definition) is 1. The molecule has 0 heterocycles. The van der Waals surface area contributed by atoms with Crippen LogP contribution in [0.4, 0.5) is 15.8 Å². The summed E-state index contributed by atoms with van der Waals surface area (Å²) in [4.78, 5) is 22.3. The maximum Gasteiger partial charge on any atom is 0.331 e. The van der Waals surface area contributed by atoms with Gasteiger partial charge >= 0.3 is 5.97 Å². The first kappa shape index (κ1) is 17.4. The molecular weight excluding hydrogens is 347 g/mol. The Kier molecular flexibility index (Phi) is 5.65. The Morgan fingerprint density at radius 3 is 2.67 bits per heavy atom. The molecular formula is C13H16BrFN2O4. The van der Waals surface area contributed by atoms with Crippen molar-refractivity contribution in [1.29, 1.82) is 0 Å². The molecule has 0 radical (unpaired) electrons. The molecule has 6 nitrogen and oxygen atoms in total. The van der Waals surface area contributed by atoms with Crippen LogP contribution < -0.4 is 5.32 Å². The molecule has 0 amide bonds. The molecule has 1 unspecified atom stereocenters. The van der Waals surface area contributed by atoms with Gasteiger partial charge in [-0.2, -0.15) is 0 Å². The zero-order valence-electron chi connectivity index (χ0n) is 11.9. The van der Waals surface area contributed by atoms with Gasteiger partial charge in [-0.15, -0.1) is 0 Å². The molecule has 1 rings (SSSR count). The number of ether oxygens (including phenoxy) is 1. The van der Waals surface area contributed by atoms with Crippen LogP contribution in [0.3, 0.4) is 0 Å². The van der Waals surface area contributed by atoms with E-state index in [9.17, 15) is 19.3 Å². The van der Waals surface area contributed by atoms with Gasteiger partial charge < -0.3 is 10.1 Å². The van der Waals surface area contributed by atoms with Crippen molar-refractivity contribution in [2.24, 2.45) is 0 Å². The van der Waals surface area contributed by atoms with Crippen LogP contribution in [-0.2, 0) is 9.53 Å². The lowest BCUT2D eigenvalue weighted by Gasteiger charge is -2.28. The largest absolute Gasteiger partial charge is 0.467 e. The lowest BCUT2D eigenvalue weighted by atomic mass is 9.95. The third-order valence-corrected chi connectivity index (χ3v) is 3.64. The number of methoxy groups -OCH3 is 1. The van der Waals surface area contributed by atoms with Crippen molar-refractivity contribution in [3.63, 3.8) is 0 Å². The van der Waals surface area contributed by atoms with Gasteiger partial charge in [-0.25, -0.2) is 9.18 Å². The fraction of sp³-hybridized carbons (Fsp3) is 0.462. The van der Waals surface area contributed by atoms with Gasteiger partial charge in [0.25, 0.3) is 5.69 Å². The molecule has 1 atom stereocenters. The number of benzene rings is 1. The number of carbonyl (C=O) groups excluding carboxylic acids is 1. The molecule has 8 heteroatoms. The van der Waals surface area contributed by atoms with E-state index in [0.29, 0.717) is 12.8 Å². The van der Waals surface area contributed by atoms with Crippen molar-refractivity contribution in [2.75, 3.05) is 12.4 Å². The maximum atomic E-state index is 13.6. The van der Waals surface area contributed by atoms with E-state index in [1.54, 1.807) is 6.92 Å². The summed E-state index contributed by atoms with van der Waals surface area (Å²) in [5, 5.41) is 13.8. The summed E-state index contributed by atoms with van der Waals surface area (Å²) in [5.41, 5.74) is -1.56. The Morgan fingerprint density at radius 1 is 1.57 bits per heavy atom. The Morgan fingerprint density at radius 2 is 2.19 bits per heavy atom. The number of rotatable bonds is 6. The number of esters is 1. The Balaban J connectivity index is 3.29. The second-order valence-electron chi connectivity index (χ2n) is 4.74. The van der Waals surface area contributed by atoms with Crippen molar-refractivity contribution in [2.45, 2.75) is 32.2 Å². The highest BCUT2D eigenvalue weighted by Gasteiger charge is 2.35. The van der Waals surface area contributed by atoms with E-state index < -0.39 is 22.2 Å². The average molecular weight is 363 g/mol. The van der Waals surface area contributed by atoms with Crippen LogP contribution in [0.5, 0.6) is 0 Å². The van der Waals surface area contributed by atoms with Crippen LogP contribution in [0, 0.1) is 15.9 Å². The summed E-state index contributed by atoms with van der Waals surface area (Å²) in [6.07, 6.45) is 1.03. The summed E-state index contributed by atoms with van der Waals surface area (Å²) < 4.78 is 18.3. The highest BCUT2D eigenvalue weighted by Crippen LogP contribution is 2.33. The molecule has 0 fully saturated rings. The molecule has 0 aliphatic heterocycles. The minimum Gasteiger partial charge on any atom is -0.467 e. The van der Waals surface area contributed by atoms with Gasteiger partial charge in [-0.3, -0.25) is 10.1 Å². The molecule has 0 saturated heterocycles. The number of anilines is 1. The summed E-state index contributed by atoms with van der Waals surface area (Å²) in [6, 6.07) is 2.04. The third kappa shape index (κ3) is 3.90. The van der Waals surface area contributed by atoms with Crippen LogP contribution >= 0.6 is 15.9 Å². The van der Waals surface area contributed by atoms with Crippen LogP contribution in [0.1, 0.15) is 26.7 Å². The fourth-order valence-corrected chi connectivity index (χ4v) is 2.36. The Labute approximate surface area is 129 Å². The predicted octanol–water partition coefficient (Wildman–Crippen LogP) is 3.64. The quantitative estimate of drug-likeness (QED) is 0.474. The topological polar surface area (TPSA) is 81.5 Å². The van der Waals surface area contributed by atoms with Crippen molar-refractivity contribution < 1.29 is 18.8 Å². The average Bonchev–Trinajstić information content (AvgIpc) is 2.41. The first-order valence-electron chi connectivity index (χ1n) is 6.25. The van der Waals surface area contributed by atoms with Gasteiger partial charge in [0.15, 0.2) is 0 Å². The third-order valence-electron chi connectivity index (χ3n) is 3.03. The van der Waals surface area contributed by atoms with E-state index >= 15 is 0 Å². The second kappa shape index (κ2) is 6.84. The first-order chi connectivity index (χ1) is 9.75. The molecule has 1 aromatic rings. The number of carbonyl (C=O) groups is 1. The molecule has 0 spiro atoms. The van der Waals surface area contributed by atoms with Crippen LogP contribution in [0.2, 0.25) is 0 Å². The molecule has 0 saturated carbocycles. The highest BCUT2D eigenvalue weighted by atomic mass is 79.9. The fourth-order valence-electron chi connectivity index (χ4n) is 2.03. The van der Waals surface area contributed by atoms with Gasteiger partial charge in [-0.1, -0.05) is 13.3 Å². The van der Waals surface area contributed by atoms with Crippen molar-refractivity contribution >= 4 is 33.3 Å². The number of halogens is 2. The lowest BCUT2D eigenvalue weighted by Crippen LogP contribution is -2.44. The molecule has 0 aromatic heterocycles. The second-order valence-corrected chi connectivity index (χ2v) is 5.59. The first-order valence-corrected chi connectivity index (χ1v) is 7.04. The number of nitro groups is 1. The molecule has 1 aromatic carbocycles. The summed E-state index contributed by atoms with van der Waals surface area (Å²) in [5.74, 6) is -1.23. The number of hydrogen-bond acceptors (Lipinski definition) is 5. The van der Waals surface area contributed by atoms with Crippen LogP contribution in [0.25, 0.3) is 0 Å². The highest BCUT2D eigenvalue weighted by molar-refractivity contribution is 9.10. The predicted molar refractivity (Wildman–Crippen MR) is 79.7 cm³/mol. The van der Waals surface area contributed by atoms with Crippen LogP contribution in [0.15, 0.2) is 16.6 Å². The summed E-state index contributed by atoms with van der Waals surface area (Å²) in [6.45, 7) is 3.42. The maximum absolute atomic E-state index is 13.6. The number of nitrogens with zero attached hydrogens (tertiary/aromatic N) is 1. The molecule has 1 N–H and O–H groups in total. The molecule has 21 heavy (non-hydrogen) atoms. The zero-order valence-corrected chi connectivity index (χ0v) is 13.5. The standard InChI is InChI=1S/C13H16BrFN2O4/c1-4-5-13(2,12(18)21-3)16-10-7-9(15)8(14)6-11(10)17(19)20/h6-7,16H,4-5H2,1-3H3. The van der Waals surface area contributed by atoms with Crippen molar-refractivity contribution in [1.82, 2.24) is 0 Å². The van der Waals surface area contributed by atoms with Gasteiger partial charge in [0.05, 0.1) is 16.5 Å². The molecule has 0 aliphatic rings. The molecule has 0 aliphatic carbocycles. The monoisotopic (exact) mass is 362 g/mol. The lowest BCUT2D eigenvalue weighted by molar-refractivity contribution is -0.384. The summed E-state index contributed by atoms with van der Waals surface area (Å²) >= 11 is 2.90. The minimum absolute atomic E-state index is 0.0185. The van der Waals surface area contributed by atoms with E-state index in [4.69, 9.17) is 4.74 Å². The summed E-state index contributed by atoms with van der Waals surface area (Å²) in [7, 11) is 1.23. The number of nitro benzene ring substituents is 1.